The van der Waals surface area contributed by atoms with Gasteiger partial charge >= 0.3 is 0 Å². The van der Waals surface area contributed by atoms with Crippen molar-refractivity contribution in [2.45, 2.75) is 39.8 Å². The molecule has 0 saturated heterocycles. The molecular weight excluding hydrogens is 334 g/mol. The minimum atomic E-state index is 0.104. The van der Waals surface area contributed by atoms with Gasteiger partial charge in [0.05, 0.1) is 17.1 Å². The summed E-state index contributed by atoms with van der Waals surface area (Å²) < 4.78 is 0. The zero-order valence-electron chi connectivity index (χ0n) is 15.5. The molecule has 3 heterocycles. The summed E-state index contributed by atoms with van der Waals surface area (Å²) in [6.45, 7) is 7.37. The van der Waals surface area contributed by atoms with Gasteiger partial charge in [-0.15, -0.1) is 11.3 Å². The van der Waals surface area contributed by atoms with Crippen molar-refractivity contribution in [1.82, 2.24) is 14.9 Å². The van der Waals surface area contributed by atoms with Gasteiger partial charge in [-0.25, -0.2) is 4.98 Å². The summed E-state index contributed by atoms with van der Waals surface area (Å²) in [7, 11) is 3.96. The molecule has 3 rings (SSSR count). The summed E-state index contributed by atoms with van der Waals surface area (Å²) in [6, 6.07) is 2.27. The third-order valence-corrected chi connectivity index (χ3v) is 5.23. The second kappa shape index (κ2) is 7.00. The van der Waals surface area contributed by atoms with Gasteiger partial charge in [-0.3, -0.25) is 4.79 Å². The summed E-state index contributed by atoms with van der Waals surface area (Å²) in [5.74, 6) is 1.65. The van der Waals surface area contributed by atoms with Gasteiger partial charge in [-0.2, -0.15) is 4.98 Å². The molecule has 0 atom stereocenters. The molecule has 1 amide bonds. The van der Waals surface area contributed by atoms with Crippen molar-refractivity contribution in [3.05, 3.63) is 33.1 Å². The quantitative estimate of drug-likeness (QED) is 0.909. The van der Waals surface area contributed by atoms with E-state index in [2.05, 4.69) is 29.1 Å². The van der Waals surface area contributed by atoms with Crippen LogP contribution < -0.4 is 10.2 Å². The average molecular weight is 359 g/mol. The lowest BCUT2D eigenvalue weighted by molar-refractivity contribution is 0.0738. The molecule has 0 fully saturated rings. The molecule has 0 bridgehead atoms. The summed E-state index contributed by atoms with van der Waals surface area (Å²) in [6.07, 6.45) is 0.752. The lowest BCUT2D eigenvalue weighted by atomic mass is 10.1. The van der Waals surface area contributed by atoms with Crippen LogP contribution >= 0.6 is 11.3 Å². The lowest BCUT2D eigenvalue weighted by Gasteiger charge is -2.31. The number of aromatic nitrogens is 2. The van der Waals surface area contributed by atoms with Crippen molar-refractivity contribution in [3.8, 4) is 0 Å². The number of carbonyl (C=O) groups excluding carboxylic acids is 1. The Balaban J connectivity index is 1.92. The van der Waals surface area contributed by atoms with Crippen molar-refractivity contribution >= 4 is 29.0 Å². The Kier molecular flexibility index (Phi) is 4.94. The first-order valence-corrected chi connectivity index (χ1v) is 9.41. The fourth-order valence-electron chi connectivity index (χ4n) is 3.00. The van der Waals surface area contributed by atoms with Crippen LogP contribution in [0.25, 0.3) is 0 Å². The summed E-state index contributed by atoms with van der Waals surface area (Å²) >= 11 is 1.51. The Morgan fingerprint density at radius 1 is 1.36 bits per heavy atom. The minimum absolute atomic E-state index is 0.104. The molecule has 0 aliphatic carbocycles. The van der Waals surface area contributed by atoms with Crippen molar-refractivity contribution in [1.29, 1.82) is 0 Å². The van der Waals surface area contributed by atoms with E-state index in [4.69, 9.17) is 0 Å². The number of amides is 1. The maximum atomic E-state index is 12.9. The van der Waals surface area contributed by atoms with Crippen LogP contribution in [0.4, 0.5) is 11.8 Å². The number of nitrogens with one attached hydrogen (secondary N) is 1. The number of hydrogen-bond acceptors (Lipinski definition) is 6. The van der Waals surface area contributed by atoms with Gasteiger partial charge in [-0.05, 0) is 37.8 Å². The number of thiophene rings is 1. The zero-order valence-corrected chi connectivity index (χ0v) is 16.3. The van der Waals surface area contributed by atoms with Gasteiger partial charge in [0, 0.05) is 38.7 Å². The maximum Gasteiger partial charge on any atom is 0.264 e. The Hall–Kier alpha value is -2.15. The van der Waals surface area contributed by atoms with Crippen molar-refractivity contribution in [3.63, 3.8) is 0 Å². The van der Waals surface area contributed by atoms with E-state index >= 15 is 0 Å². The standard InChI is InChI=1S/C18H25N5OS/c1-11(2)19-18-20-14-6-8-23(10-13(14)16(21-18)22(4)5)17(24)15-12(3)7-9-25-15/h7,9,11H,6,8,10H2,1-5H3,(H,19,20,21). The number of anilines is 2. The first-order valence-electron chi connectivity index (χ1n) is 8.53. The van der Waals surface area contributed by atoms with E-state index in [9.17, 15) is 4.79 Å². The number of carbonyl (C=O) groups is 1. The number of aryl methyl sites for hydroxylation is 1. The predicted molar refractivity (Wildman–Crippen MR) is 103 cm³/mol. The fraction of sp³-hybridized carbons (Fsp3) is 0.500. The summed E-state index contributed by atoms with van der Waals surface area (Å²) in [5, 5.41) is 5.26. The Bertz CT molecular complexity index is 784. The molecule has 7 heteroatoms. The molecule has 0 saturated carbocycles. The van der Waals surface area contributed by atoms with Crippen molar-refractivity contribution in [2.24, 2.45) is 0 Å². The first-order chi connectivity index (χ1) is 11.9. The Morgan fingerprint density at radius 3 is 2.72 bits per heavy atom. The topological polar surface area (TPSA) is 61.4 Å². The van der Waals surface area contributed by atoms with Gasteiger partial charge in [0.25, 0.3) is 5.91 Å². The fourth-order valence-corrected chi connectivity index (χ4v) is 3.89. The molecule has 6 nitrogen and oxygen atoms in total. The van der Waals surface area contributed by atoms with E-state index in [-0.39, 0.29) is 11.9 Å². The predicted octanol–water partition coefficient (Wildman–Crippen LogP) is 2.93. The largest absolute Gasteiger partial charge is 0.362 e. The number of rotatable bonds is 4. The molecule has 2 aromatic rings. The molecule has 1 aliphatic heterocycles. The highest BCUT2D eigenvalue weighted by Gasteiger charge is 2.28. The Labute approximate surface area is 152 Å². The first kappa shape index (κ1) is 17.7. The van der Waals surface area contributed by atoms with Crippen LogP contribution in [0.1, 0.15) is 40.3 Å². The highest BCUT2D eigenvalue weighted by molar-refractivity contribution is 7.12. The molecule has 0 radical (unpaired) electrons. The van der Waals surface area contributed by atoms with E-state index in [1.54, 1.807) is 0 Å². The number of nitrogens with zero attached hydrogens (tertiary/aromatic N) is 4. The maximum absolute atomic E-state index is 12.9. The number of hydrogen-bond donors (Lipinski definition) is 1. The van der Waals surface area contributed by atoms with Crippen molar-refractivity contribution < 1.29 is 4.79 Å². The molecule has 134 valence electrons. The molecule has 0 spiro atoms. The normalized spacial score (nSPS) is 13.8. The van der Waals surface area contributed by atoms with Crippen LogP contribution in [0.3, 0.4) is 0 Å². The van der Waals surface area contributed by atoms with E-state index in [0.29, 0.717) is 19.0 Å². The highest BCUT2D eigenvalue weighted by atomic mass is 32.1. The van der Waals surface area contributed by atoms with Gasteiger partial charge in [0.2, 0.25) is 5.95 Å². The van der Waals surface area contributed by atoms with Gasteiger partial charge in [0.15, 0.2) is 0 Å². The SMILES string of the molecule is Cc1ccsc1C(=O)N1CCc2nc(NC(C)C)nc(N(C)C)c2C1. The third-order valence-electron chi connectivity index (χ3n) is 4.22. The van der Waals surface area contributed by atoms with Crippen LogP contribution in [0.2, 0.25) is 0 Å². The highest BCUT2D eigenvalue weighted by Crippen LogP contribution is 2.29. The van der Waals surface area contributed by atoms with Crippen LogP contribution in [0.5, 0.6) is 0 Å². The lowest BCUT2D eigenvalue weighted by Crippen LogP contribution is -2.37. The second-order valence-electron chi connectivity index (χ2n) is 6.90. The molecule has 0 aromatic carbocycles. The summed E-state index contributed by atoms with van der Waals surface area (Å²) in [4.78, 5) is 26.9. The van der Waals surface area contributed by atoms with Crippen LogP contribution in [0.15, 0.2) is 11.4 Å². The molecule has 25 heavy (non-hydrogen) atoms. The van der Waals surface area contributed by atoms with E-state index in [1.165, 1.54) is 11.3 Å². The average Bonchev–Trinajstić information content (AvgIpc) is 2.98. The van der Waals surface area contributed by atoms with Crippen LogP contribution in [0, 0.1) is 6.92 Å². The monoisotopic (exact) mass is 359 g/mol. The third kappa shape index (κ3) is 3.61. The second-order valence-corrected chi connectivity index (χ2v) is 7.82. The Morgan fingerprint density at radius 2 is 2.12 bits per heavy atom. The minimum Gasteiger partial charge on any atom is -0.362 e. The van der Waals surface area contributed by atoms with Gasteiger partial charge < -0.3 is 15.1 Å². The van der Waals surface area contributed by atoms with E-state index < -0.39 is 0 Å². The van der Waals surface area contributed by atoms with Crippen molar-refractivity contribution in [2.75, 3.05) is 30.9 Å². The molecule has 0 unspecified atom stereocenters. The zero-order chi connectivity index (χ0) is 18.1. The molecular formula is C18H25N5OS. The molecule has 1 aliphatic rings. The van der Waals surface area contributed by atoms with Crippen LogP contribution in [-0.2, 0) is 13.0 Å². The molecule has 1 N–H and O–H groups in total. The van der Waals surface area contributed by atoms with E-state index in [0.717, 1.165) is 33.9 Å². The van der Waals surface area contributed by atoms with Gasteiger partial charge in [0.1, 0.15) is 5.82 Å². The number of fused-ring (bicyclic) bond motifs is 1. The summed E-state index contributed by atoms with van der Waals surface area (Å²) in [5.41, 5.74) is 3.13. The molecule has 2 aromatic heterocycles. The van der Waals surface area contributed by atoms with Crippen LogP contribution in [-0.4, -0.2) is 47.5 Å². The van der Waals surface area contributed by atoms with E-state index in [1.807, 2.05) is 42.3 Å². The van der Waals surface area contributed by atoms with Gasteiger partial charge in [-0.1, -0.05) is 0 Å². The smallest absolute Gasteiger partial charge is 0.264 e.